The van der Waals surface area contributed by atoms with Gasteiger partial charge in [-0.1, -0.05) is 17.8 Å². The topological polar surface area (TPSA) is 117 Å². The fourth-order valence-electron chi connectivity index (χ4n) is 1.93. The second-order valence-electron chi connectivity index (χ2n) is 5.12. The molecule has 0 aliphatic heterocycles. The van der Waals surface area contributed by atoms with Gasteiger partial charge in [-0.15, -0.1) is 5.10 Å². The van der Waals surface area contributed by atoms with Crippen LogP contribution in [0.1, 0.15) is 13.3 Å². The standard InChI is InChI=1S/C15H17N7O2S/c1-11(23)17-12-5-3-6-13(9-12)22-15(18-19-20-22)25-10-14(24)21(2)8-4-7-16/h3,5-6,9H,4,8,10H2,1-2H3,(H,17,23). The average Bonchev–Trinajstić information content (AvgIpc) is 3.05. The molecule has 2 amide bonds. The summed E-state index contributed by atoms with van der Waals surface area (Å²) < 4.78 is 1.50. The quantitative estimate of drug-likeness (QED) is 0.735. The molecule has 10 heteroatoms. The van der Waals surface area contributed by atoms with Crippen molar-refractivity contribution in [1.29, 1.82) is 5.26 Å². The summed E-state index contributed by atoms with van der Waals surface area (Å²) in [6.45, 7) is 1.82. The van der Waals surface area contributed by atoms with E-state index in [1.165, 1.54) is 28.3 Å². The molecule has 0 bridgehead atoms. The van der Waals surface area contributed by atoms with E-state index < -0.39 is 0 Å². The number of nitrogens with zero attached hydrogens (tertiary/aromatic N) is 6. The van der Waals surface area contributed by atoms with Crippen LogP contribution in [0.4, 0.5) is 5.69 Å². The number of aromatic nitrogens is 4. The van der Waals surface area contributed by atoms with Crippen LogP contribution in [-0.2, 0) is 9.59 Å². The van der Waals surface area contributed by atoms with Gasteiger partial charge in [0.2, 0.25) is 17.0 Å². The number of carbonyl (C=O) groups excluding carboxylic acids is 2. The number of carbonyl (C=O) groups is 2. The molecule has 0 spiro atoms. The van der Waals surface area contributed by atoms with Crippen molar-refractivity contribution in [3.8, 4) is 11.8 Å². The Balaban J connectivity index is 2.07. The van der Waals surface area contributed by atoms with Gasteiger partial charge in [-0.05, 0) is 28.6 Å². The van der Waals surface area contributed by atoms with Gasteiger partial charge in [-0.25, -0.2) is 0 Å². The predicted octanol–water partition coefficient (Wildman–Crippen LogP) is 1.08. The molecule has 130 valence electrons. The van der Waals surface area contributed by atoms with E-state index in [0.717, 1.165) is 0 Å². The lowest BCUT2D eigenvalue weighted by atomic mass is 10.3. The minimum Gasteiger partial charge on any atom is -0.344 e. The van der Waals surface area contributed by atoms with E-state index in [1.54, 1.807) is 31.3 Å². The maximum absolute atomic E-state index is 12.0. The number of amides is 2. The maximum atomic E-state index is 12.0. The van der Waals surface area contributed by atoms with E-state index in [-0.39, 0.29) is 17.6 Å². The number of tetrazole rings is 1. The third kappa shape index (κ3) is 5.29. The largest absolute Gasteiger partial charge is 0.344 e. The van der Waals surface area contributed by atoms with Crippen LogP contribution in [0, 0.1) is 11.3 Å². The van der Waals surface area contributed by atoms with E-state index in [4.69, 9.17) is 5.26 Å². The molecule has 0 aliphatic rings. The molecule has 0 fully saturated rings. The average molecular weight is 359 g/mol. The van der Waals surface area contributed by atoms with Crippen LogP contribution >= 0.6 is 11.8 Å². The smallest absolute Gasteiger partial charge is 0.232 e. The fraction of sp³-hybridized carbons (Fsp3) is 0.333. The monoisotopic (exact) mass is 359 g/mol. The number of anilines is 1. The van der Waals surface area contributed by atoms with E-state index >= 15 is 0 Å². The van der Waals surface area contributed by atoms with Crippen LogP contribution in [0.3, 0.4) is 0 Å². The summed E-state index contributed by atoms with van der Waals surface area (Å²) in [5.41, 5.74) is 1.30. The summed E-state index contributed by atoms with van der Waals surface area (Å²) in [6, 6.07) is 9.08. The van der Waals surface area contributed by atoms with Crippen molar-refractivity contribution in [3.05, 3.63) is 24.3 Å². The Morgan fingerprint density at radius 3 is 2.96 bits per heavy atom. The number of hydrogen-bond donors (Lipinski definition) is 1. The van der Waals surface area contributed by atoms with Crippen molar-refractivity contribution in [2.75, 3.05) is 24.7 Å². The number of thioether (sulfide) groups is 1. The number of hydrogen-bond acceptors (Lipinski definition) is 7. The molecule has 0 saturated heterocycles. The molecular weight excluding hydrogens is 342 g/mol. The lowest BCUT2D eigenvalue weighted by molar-refractivity contribution is -0.127. The third-order valence-corrected chi connectivity index (χ3v) is 4.07. The molecule has 2 rings (SSSR count). The van der Waals surface area contributed by atoms with Crippen molar-refractivity contribution < 1.29 is 9.59 Å². The number of nitriles is 1. The maximum Gasteiger partial charge on any atom is 0.232 e. The van der Waals surface area contributed by atoms with Crippen molar-refractivity contribution in [1.82, 2.24) is 25.1 Å². The summed E-state index contributed by atoms with van der Waals surface area (Å²) in [5.74, 6) is -0.121. The summed E-state index contributed by atoms with van der Waals surface area (Å²) in [7, 11) is 1.65. The molecule has 0 aliphatic carbocycles. The number of benzene rings is 1. The Labute approximate surface area is 149 Å². The van der Waals surface area contributed by atoms with Gasteiger partial charge in [0.1, 0.15) is 0 Å². The Morgan fingerprint density at radius 1 is 1.44 bits per heavy atom. The third-order valence-electron chi connectivity index (χ3n) is 3.16. The molecule has 0 radical (unpaired) electrons. The predicted molar refractivity (Wildman–Crippen MR) is 92.0 cm³/mol. The van der Waals surface area contributed by atoms with Crippen LogP contribution in [0.25, 0.3) is 5.69 Å². The van der Waals surface area contributed by atoms with Gasteiger partial charge in [0.25, 0.3) is 0 Å². The zero-order valence-corrected chi connectivity index (χ0v) is 14.7. The van der Waals surface area contributed by atoms with E-state index in [0.29, 0.717) is 29.5 Å². The molecule has 0 unspecified atom stereocenters. The van der Waals surface area contributed by atoms with Crippen LogP contribution in [0.5, 0.6) is 0 Å². The normalized spacial score (nSPS) is 10.1. The van der Waals surface area contributed by atoms with Crippen LogP contribution in [0.2, 0.25) is 0 Å². The Bertz CT molecular complexity index is 799. The molecule has 2 aromatic rings. The fourth-order valence-corrected chi connectivity index (χ4v) is 2.76. The highest BCUT2D eigenvalue weighted by atomic mass is 32.2. The van der Waals surface area contributed by atoms with Crippen molar-refractivity contribution in [3.63, 3.8) is 0 Å². The summed E-state index contributed by atoms with van der Waals surface area (Å²) in [4.78, 5) is 24.7. The highest BCUT2D eigenvalue weighted by Crippen LogP contribution is 2.20. The lowest BCUT2D eigenvalue weighted by Crippen LogP contribution is -2.29. The highest BCUT2D eigenvalue weighted by molar-refractivity contribution is 7.99. The number of nitrogens with one attached hydrogen (secondary N) is 1. The van der Waals surface area contributed by atoms with Gasteiger partial charge in [-0.2, -0.15) is 9.94 Å². The van der Waals surface area contributed by atoms with Gasteiger partial charge < -0.3 is 10.2 Å². The first kappa shape index (κ1) is 18.4. The molecule has 1 heterocycles. The first-order chi connectivity index (χ1) is 12.0. The minimum absolute atomic E-state index is 0.109. The molecule has 0 atom stereocenters. The SMILES string of the molecule is CC(=O)Nc1cccc(-n2nnnc2SCC(=O)N(C)CCC#N)c1. The van der Waals surface area contributed by atoms with Gasteiger partial charge in [0.15, 0.2) is 0 Å². The Morgan fingerprint density at radius 2 is 2.24 bits per heavy atom. The van der Waals surface area contributed by atoms with Gasteiger partial charge >= 0.3 is 0 Å². The molecule has 1 aromatic carbocycles. The van der Waals surface area contributed by atoms with Crippen LogP contribution < -0.4 is 5.32 Å². The minimum atomic E-state index is -0.172. The van der Waals surface area contributed by atoms with Crippen molar-refractivity contribution >= 4 is 29.3 Å². The molecule has 1 N–H and O–H groups in total. The second kappa shape index (κ2) is 8.79. The zero-order valence-electron chi connectivity index (χ0n) is 13.8. The summed E-state index contributed by atoms with van der Waals surface area (Å²) in [5, 5.41) is 23.2. The molecule has 25 heavy (non-hydrogen) atoms. The van der Waals surface area contributed by atoms with Gasteiger partial charge in [0.05, 0.1) is 23.9 Å². The van der Waals surface area contributed by atoms with E-state index in [9.17, 15) is 9.59 Å². The van der Waals surface area contributed by atoms with E-state index in [1.807, 2.05) is 6.07 Å². The van der Waals surface area contributed by atoms with Crippen LogP contribution in [0.15, 0.2) is 29.4 Å². The first-order valence-corrected chi connectivity index (χ1v) is 8.40. The van der Waals surface area contributed by atoms with Crippen LogP contribution in [-0.4, -0.2) is 56.3 Å². The lowest BCUT2D eigenvalue weighted by Gasteiger charge is -2.14. The second-order valence-corrected chi connectivity index (χ2v) is 6.06. The summed E-state index contributed by atoms with van der Waals surface area (Å²) >= 11 is 1.20. The Hall–Kier alpha value is -2.93. The Kier molecular flexibility index (Phi) is 6.47. The zero-order chi connectivity index (χ0) is 18.2. The van der Waals surface area contributed by atoms with Gasteiger partial charge in [0, 0.05) is 26.2 Å². The summed E-state index contributed by atoms with van der Waals surface area (Å²) in [6.07, 6.45) is 0.292. The molecule has 9 nitrogen and oxygen atoms in total. The van der Waals surface area contributed by atoms with Crippen molar-refractivity contribution in [2.24, 2.45) is 0 Å². The first-order valence-electron chi connectivity index (χ1n) is 7.41. The molecule has 0 saturated carbocycles. The molecular formula is C15H17N7O2S. The van der Waals surface area contributed by atoms with Crippen molar-refractivity contribution in [2.45, 2.75) is 18.5 Å². The molecule has 1 aromatic heterocycles. The number of rotatable bonds is 7. The highest BCUT2D eigenvalue weighted by Gasteiger charge is 2.14. The van der Waals surface area contributed by atoms with E-state index in [2.05, 4.69) is 20.8 Å². The van der Waals surface area contributed by atoms with Gasteiger partial charge in [-0.3, -0.25) is 9.59 Å².